The molecule has 1 heterocycles. The molecule has 1 aromatic carbocycles. The molecule has 1 aliphatic rings. The number of benzene rings is 1. The number of rotatable bonds is 6. The summed E-state index contributed by atoms with van der Waals surface area (Å²) in [6, 6.07) is 4.31. The van der Waals surface area contributed by atoms with Crippen LogP contribution >= 0.6 is 0 Å². The maximum absolute atomic E-state index is 13.6. The van der Waals surface area contributed by atoms with Gasteiger partial charge in [-0.05, 0) is 81.7 Å². The Balaban J connectivity index is 1.92. The smallest absolute Gasteiger partial charge is 0.294 e. The number of Topliss-reactive ketones (excluding diaryl/α,β-unsaturated/α-hetero) is 1. The molecule has 0 atom stereocenters. The number of aromatic nitrogens is 1. The van der Waals surface area contributed by atoms with E-state index in [0.717, 1.165) is 0 Å². The second-order valence-electron chi connectivity index (χ2n) is 9.94. The van der Waals surface area contributed by atoms with Crippen molar-refractivity contribution < 1.29 is 23.9 Å². The van der Waals surface area contributed by atoms with Crippen molar-refractivity contribution in [3.05, 3.63) is 52.1 Å². The van der Waals surface area contributed by atoms with Gasteiger partial charge >= 0.3 is 0 Å². The standard InChI is InChI=1S/C26H34FN3O4/c1-14(2)21-20(24(33)28-17-7-8-19(27)15(3)13-17)16(4)22(30(21)6)23(32)25(34)29-26(5)11-9-18(31)10-12-26/h7-8,13-14,18,31H,9-12H2,1-6H3,(H,28,33)(H,29,34)/t18-,26+. The summed E-state index contributed by atoms with van der Waals surface area (Å²) in [5, 5.41) is 15.4. The van der Waals surface area contributed by atoms with E-state index in [2.05, 4.69) is 10.6 Å². The topological polar surface area (TPSA) is 100 Å². The van der Waals surface area contributed by atoms with E-state index in [9.17, 15) is 23.9 Å². The Morgan fingerprint density at radius 1 is 1.18 bits per heavy atom. The number of carbonyl (C=O) groups excluding carboxylic acids is 3. The van der Waals surface area contributed by atoms with Gasteiger partial charge in [0.25, 0.3) is 17.6 Å². The molecule has 2 amide bonds. The molecular formula is C26H34FN3O4. The highest BCUT2D eigenvalue weighted by Gasteiger charge is 2.36. The van der Waals surface area contributed by atoms with E-state index in [1.165, 1.54) is 12.1 Å². The molecule has 7 nitrogen and oxygen atoms in total. The van der Waals surface area contributed by atoms with Crippen LogP contribution in [0.4, 0.5) is 10.1 Å². The van der Waals surface area contributed by atoms with Gasteiger partial charge in [0.2, 0.25) is 0 Å². The Bertz CT molecular complexity index is 1130. The number of nitrogens with one attached hydrogen (secondary N) is 2. The molecule has 0 aliphatic heterocycles. The SMILES string of the molecule is Cc1cc(NC(=O)c2c(C)c(C(=O)C(=O)N[C@]3(C)CC[C@H](O)CC3)n(C)c2C(C)C)ccc1F. The third kappa shape index (κ3) is 5.06. The number of ketones is 1. The van der Waals surface area contributed by atoms with E-state index in [1.807, 2.05) is 20.8 Å². The maximum Gasteiger partial charge on any atom is 0.294 e. The molecule has 1 aliphatic carbocycles. The summed E-state index contributed by atoms with van der Waals surface area (Å²) in [7, 11) is 1.68. The van der Waals surface area contributed by atoms with E-state index >= 15 is 0 Å². The van der Waals surface area contributed by atoms with Crippen molar-refractivity contribution in [2.75, 3.05) is 5.32 Å². The highest BCUT2D eigenvalue weighted by molar-refractivity contribution is 6.43. The lowest BCUT2D eigenvalue weighted by molar-refractivity contribution is -0.119. The van der Waals surface area contributed by atoms with Crippen LogP contribution in [0.15, 0.2) is 18.2 Å². The number of carbonyl (C=O) groups is 3. The van der Waals surface area contributed by atoms with Crippen LogP contribution in [-0.4, -0.2) is 38.9 Å². The molecule has 8 heteroatoms. The average molecular weight is 472 g/mol. The summed E-state index contributed by atoms with van der Waals surface area (Å²) >= 11 is 0. The molecule has 34 heavy (non-hydrogen) atoms. The molecule has 184 valence electrons. The van der Waals surface area contributed by atoms with E-state index in [4.69, 9.17) is 0 Å². The van der Waals surface area contributed by atoms with E-state index in [-0.39, 0.29) is 23.5 Å². The van der Waals surface area contributed by atoms with Gasteiger partial charge in [0.05, 0.1) is 17.4 Å². The van der Waals surface area contributed by atoms with Gasteiger partial charge in [-0.3, -0.25) is 14.4 Å². The van der Waals surface area contributed by atoms with Crippen molar-refractivity contribution in [3.8, 4) is 0 Å². The van der Waals surface area contributed by atoms with Crippen LogP contribution in [0.3, 0.4) is 0 Å². The Kier molecular flexibility index (Phi) is 7.31. The van der Waals surface area contributed by atoms with Crippen LogP contribution in [0.25, 0.3) is 0 Å². The largest absolute Gasteiger partial charge is 0.393 e. The van der Waals surface area contributed by atoms with Crippen molar-refractivity contribution in [1.29, 1.82) is 0 Å². The Morgan fingerprint density at radius 2 is 1.79 bits per heavy atom. The predicted octanol–water partition coefficient (Wildman–Crippen LogP) is 4.15. The first-order chi connectivity index (χ1) is 15.8. The third-order valence-electron chi connectivity index (χ3n) is 6.77. The number of amides is 2. The Labute approximate surface area is 199 Å². The lowest BCUT2D eigenvalue weighted by atomic mass is 9.82. The molecule has 1 aromatic heterocycles. The number of aryl methyl sites for hydroxylation is 1. The van der Waals surface area contributed by atoms with Gasteiger partial charge in [-0.2, -0.15) is 0 Å². The van der Waals surface area contributed by atoms with Crippen LogP contribution in [-0.2, 0) is 11.8 Å². The van der Waals surface area contributed by atoms with Gasteiger partial charge in [-0.25, -0.2) is 4.39 Å². The molecule has 0 spiro atoms. The van der Waals surface area contributed by atoms with Gasteiger partial charge in [-0.1, -0.05) is 13.8 Å². The van der Waals surface area contributed by atoms with Crippen molar-refractivity contribution in [3.63, 3.8) is 0 Å². The van der Waals surface area contributed by atoms with Gasteiger partial charge in [0.15, 0.2) is 0 Å². The average Bonchev–Trinajstić information content (AvgIpc) is 3.02. The fraction of sp³-hybridized carbons (Fsp3) is 0.500. The van der Waals surface area contributed by atoms with Crippen LogP contribution in [0.5, 0.6) is 0 Å². The number of halogens is 1. The molecule has 2 aromatic rings. The number of nitrogens with zero attached hydrogens (tertiary/aromatic N) is 1. The van der Waals surface area contributed by atoms with E-state index in [0.29, 0.717) is 53.8 Å². The molecule has 0 saturated heterocycles. The first-order valence-corrected chi connectivity index (χ1v) is 11.7. The lowest BCUT2D eigenvalue weighted by Crippen LogP contribution is -2.51. The zero-order valence-electron chi connectivity index (χ0n) is 20.7. The van der Waals surface area contributed by atoms with Crippen molar-refractivity contribution in [1.82, 2.24) is 9.88 Å². The van der Waals surface area contributed by atoms with Gasteiger partial charge in [-0.15, -0.1) is 0 Å². The normalized spacial score (nSPS) is 20.3. The summed E-state index contributed by atoms with van der Waals surface area (Å²) < 4.78 is 15.2. The number of hydrogen-bond donors (Lipinski definition) is 3. The zero-order chi connectivity index (χ0) is 25.4. The van der Waals surface area contributed by atoms with E-state index < -0.39 is 23.1 Å². The maximum atomic E-state index is 13.6. The van der Waals surface area contributed by atoms with Crippen molar-refractivity contribution >= 4 is 23.3 Å². The molecular weight excluding hydrogens is 437 g/mol. The highest BCUT2D eigenvalue weighted by Crippen LogP contribution is 2.31. The minimum Gasteiger partial charge on any atom is -0.393 e. The second kappa shape index (κ2) is 9.70. The molecule has 3 N–H and O–H groups in total. The number of hydrogen-bond acceptors (Lipinski definition) is 4. The van der Waals surface area contributed by atoms with Crippen molar-refractivity contribution in [2.24, 2.45) is 7.05 Å². The van der Waals surface area contributed by atoms with Crippen LogP contribution in [0.2, 0.25) is 0 Å². The first kappa shape index (κ1) is 25.6. The fourth-order valence-electron chi connectivity index (χ4n) is 4.85. The zero-order valence-corrected chi connectivity index (χ0v) is 20.7. The monoisotopic (exact) mass is 471 g/mol. The van der Waals surface area contributed by atoms with Crippen LogP contribution in [0, 0.1) is 19.7 Å². The fourth-order valence-corrected chi connectivity index (χ4v) is 4.85. The van der Waals surface area contributed by atoms with E-state index in [1.54, 1.807) is 31.5 Å². The summed E-state index contributed by atoms with van der Waals surface area (Å²) in [6.45, 7) is 8.98. The minimum absolute atomic E-state index is 0.0960. The number of aliphatic hydroxyl groups excluding tert-OH is 1. The van der Waals surface area contributed by atoms with Crippen LogP contribution in [0.1, 0.15) is 90.0 Å². The molecule has 0 radical (unpaired) electrons. The number of aliphatic hydroxyl groups is 1. The van der Waals surface area contributed by atoms with Crippen LogP contribution < -0.4 is 10.6 Å². The Morgan fingerprint density at radius 3 is 2.35 bits per heavy atom. The predicted molar refractivity (Wildman–Crippen MR) is 129 cm³/mol. The molecule has 1 saturated carbocycles. The third-order valence-corrected chi connectivity index (χ3v) is 6.77. The Hall–Kier alpha value is -3.00. The number of anilines is 1. The van der Waals surface area contributed by atoms with Gasteiger partial charge in [0, 0.05) is 24.0 Å². The lowest BCUT2D eigenvalue weighted by Gasteiger charge is -2.36. The summed E-state index contributed by atoms with van der Waals surface area (Å²) in [4.78, 5) is 39.5. The molecule has 3 rings (SSSR count). The molecule has 0 bridgehead atoms. The summed E-state index contributed by atoms with van der Waals surface area (Å²) in [5.74, 6) is -2.31. The minimum atomic E-state index is -0.723. The van der Waals surface area contributed by atoms with Gasteiger partial charge in [0.1, 0.15) is 5.82 Å². The first-order valence-electron chi connectivity index (χ1n) is 11.7. The summed E-state index contributed by atoms with van der Waals surface area (Å²) in [6.07, 6.45) is 1.93. The summed E-state index contributed by atoms with van der Waals surface area (Å²) in [5.41, 5.74) is 1.85. The van der Waals surface area contributed by atoms with Gasteiger partial charge < -0.3 is 20.3 Å². The second-order valence-corrected chi connectivity index (χ2v) is 9.94. The highest BCUT2D eigenvalue weighted by atomic mass is 19.1. The van der Waals surface area contributed by atoms with Crippen molar-refractivity contribution in [2.45, 2.75) is 77.9 Å². The molecule has 0 unspecified atom stereocenters. The molecule has 1 fully saturated rings. The quantitative estimate of drug-likeness (QED) is 0.435.